The molecule has 18 heavy (non-hydrogen) atoms. The van der Waals surface area contributed by atoms with Crippen LogP contribution in [0.25, 0.3) is 0 Å². The second kappa shape index (κ2) is 6.20. The van der Waals surface area contributed by atoms with Crippen LogP contribution < -0.4 is 9.46 Å². The Morgan fingerprint density at radius 1 is 1.28 bits per heavy atom. The fourth-order valence-corrected chi connectivity index (χ4v) is 2.62. The van der Waals surface area contributed by atoms with Crippen LogP contribution in [0.15, 0.2) is 24.3 Å². The summed E-state index contributed by atoms with van der Waals surface area (Å²) in [5, 5.41) is -0.443. The first kappa shape index (κ1) is 15.0. The van der Waals surface area contributed by atoms with E-state index in [9.17, 15) is 8.42 Å². The first-order valence-corrected chi connectivity index (χ1v) is 7.61. The summed E-state index contributed by atoms with van der Waals surface area (Å²) in [5.41, 5.74) is 0.867. The summed E-state index contributed by atoms with van der Waals surface area (Å²) in [6.07, 6.45) is 0.673. The van der Waals surface area contributed by atoms with Crippen LogP contribution in [-0.4, -0.2) is 20.8 Å². The molecule has 0 spiro atoms. The van der Waals surface area contributed by atoms with Gasteiger partial charge in [0.1, 0.15) is 5.75 Å². The zero-order chi connectivity index (χ0) is 13.8. The predicted octanol–water partition coefficient (Wildman–Crippen LogP) is 2.47. The minimum Gasteiger partial charge on any atom is -0.496 e. The minimum absolute atomic E-state index is 0.256. The van der Waals surface area contributed by atoms with E-state index in [4.69, 9.17) is 4.74 Å². The number of sulfonamides is 1. The van der Waals surface area contributed by atoms with Gasteiger partial charge in [-0.2, -0.15) is 0 Å². The smallest absolute Gasteiger partial charge is 0.214 e. The lowest BCUT2D eigenvalue weighted by Crippen LogP contribution is -2.34. The van der Waals surface area contributed by atoms with Gasteiger partial charge in [0.05, 0.1) is 18.4 Å². The molecule has 0 saturated carbocycles. The van der Waals surface area contributed by atoms with Crippen molar-refractivity contribution in [3.05, 3.63) is 29.8 Å². The Morgan fingerprint density at radius 3 is 2.39 bits per heavy atom. The molecular formula is C13H21NO3S. The lowest BCUT2D eigenvalue weighted by Gasteiger charge is -2.21. The number of hydrogen-bond acceptors (Lipinski definition) is 3. The highest BCUT2D eigenvalue weighted by Gasteiger charge is 2.23. The zero-order valence-electron chi connectivity index (χ0n) is 11.3. The van der Waals surface area contributed by atoms with Gasteiger partial charge in [-0.1, -0.05) is 25.1 Å². The molecule has 102 valence electrons. The van der Waals surface area contributed by atoms with Gasteiger partial charge in [0, 0.05) is 5.56 Å². The van der Waals surface area contributed by atoms with Crippen molar-refractivity contribution in [1.82, 2.24) is 4.72 Å². The molecule has 0 aliphatic carbocycles. The maximum absolute atomic E-state index is 11.9. The van der Waals surface area contributed by atoms with E-state index >= 15 is 0 Å². The van der Waals surface area contributed by atoms with Gasteiger partial charge in [0.25, 0.3) is 0 Å². The van der Waals surface area contributed by atoms with Crippen molar-refractivity contribution in [2.75, 3.05) is 7.11 Å². The molecule has 1 N–H and O–H groups in total. The van der Waals surface area contributed by atoms with Crippen LogP contribution in [0.3, 0.4) is 0 Å². The Kier molecular flexibility index (Phi) is 5.16. The molecule has 0 amide bonds. The lowest BCUT2D eigenvalue weighted by atomic mass is 10.0. The average molecular weight is 271 g/mol. The molecule has 1 unspecified atom stereocenters. The van der Waals surface area contributed by atoms with E-state index in [1.165, 1.54) is 0 Å². The monoisotopic (exact) mass is 271 g/mol. The van der Waals surface area contributed by atoms with Crippen LogP contribution >= 0.6 is 0 Å². The predicted molar refractivity (Wildman–Crippen MR) is 73.2 cm³/mol. The Hall–Kier alpha value is -1.07. The molecule has 0 fully saturated rings. The average Bonchev–Trinajstić information content (AvgIpc) is 2.35. The highest BCUT2D eigenvalue weighted by atomic mass is 32.2. The number of ether oxygens (including phenoxy) is 1. The van der Waals surface area contributed by atoms with E-state index in [1.54, 1.807) is 21.0 Å². The van der Waals surface area contributed by atoms with Gasteiger partial charge in [-0.05, 0) is 26.3 Å². The fourth-order valence-electron chi connectivity index (χ4n) is 1.66. The number of nitrogens with one attached hydrogen (secondary N) is 1. The van der Waals surface area contributed by atoms with Gasteiger partial charge < -0.3 is 4.74 Å². The topological polar surface area (TPSA) is 55.4 Å². The maximum Gasteiger partial charge on any atom is 0.214 e. The van der Waals surface area contributed by atoms with Gasteiger partial charge >= 0.3 is 0 Å². The van der Waals surface area contributed by atoms with Crippen LogP contribution in [0.2, 0.25) is 0 Å². The van der Waals surface area contributed by atoms with E-state index in [1.807, 2.05) is 31.2 Å². The summed E-state index contributed by atoms with van der Waals surface area (Å²) in [6.45, 7) is 5.27. The molecule has 5 heteroatoms. The Morgan fingerprint density at radius 2 is 1.89 bits per heavy atom. The van der Waals surface area contributed by atoms with Crippen molar-refractivity contribution in [2.45, 2.75) is 38.5 Å². The Labute approximate surface area is 109 Å². The highest BCUT2D eigenvalue weighted by molar-refractivity contribution is 7.90. The van der Waals surface area contributed by atoms with Crippen LogP contribution in [-0.2, 0) is 10.0 Å². The number of rotatable bonds is 6. The first-order valence-electron chi connectivity index (χ1n) is 6.06. The van der Waals surface area contributed by atoms with Crippen molar-refractivity contribution < 1.29 is 13.2 Å². The molecule has 1 atom stereocenters. The molecule has 1 aromatic rings. The quantitative estimate of drug-likeness (QED) is 0.864. The first-order chi connectivity index (χ1) is 8.42. The third-order valence-corrected chi connectivity index (χ3v) is 4.70. The molecule has 0 heterocycles. The van der Waals surface area contributed by atoms with Gasteiger partial charge in [-0.25, -0.2) is 13.1 Å². The number of benzene rings is 1. The van der Waals surface area contributed by atoms with Gasteiger partial charge in [-0.15, -0.1) is 0 Å². The molecule has 0 bridgehead atoms. The van der Waals surface area contributed by atoms with Crippen molar-refractivity contribution in [3.63, 3.8) is 0 Å². The second-order valence-corrected chi connectivity index (χ2v) is 6.68. The third-order valence-electron chi connectivity index (χ3n) is 2.85. The van der Waals surface area contributed by atoms with Crippen molar-refractivity contribution in [3.8, 4) is 5.75 Å². The van der Waals surface area contributed by atoms with Gasteiger partial charge in [-0.3, -0.25) is 0 Å². The largest absolute Gasteiger partial charge is 0.496 e. The summed E-state index contributed by atoms with van der Waals surface area (Å²) in [7, 11) is -1.70. The number of para-hydroxylation sites is 1. The van der Waals surface area contributed by atoms with Crippen molar-refractivity contribution >= 4 is 10.0 Å². The van der Waals surface area contributed by atoms with Crippen molar-refractivity contribution in [1.29, 1.82) is 0 Å². The SMILES string of the molecule is CCC(NS(=O)(=O)C(C)C)c1ccccc1OC. The fraction of sp³-hybridized carbons (Fsp3) is 0.538. The zero-order valence-corrected chi connectivity index (χ0v) is 12.1. The van der Waals surface area contributed by atoms with E-state index in [0.29, 0.717) is 12.2 Å². The molecule has 0 aliphatic heterocycles. The standard InChI is InChI=1S/C13H21NO3S/c1-5-12(14-18(15,16)10(2)3)11-8-6-7-9-13(11)17-4/h6-10,12,14H,5H2,1-4H3. The van der Waals surface area contributed by atoms with Crippen LogP contribution in [0.1, 0.15) is 38.8 Å². The molecule has 0 saturated heterocycles. The van der Waals surface area contributed by atoms with E-state index in [2.05, 4.69) is 4.72 Å². The third kappa shape index (κ3) is 3.46. The van der Waals surface area contributed by atoms with Crippen LogP contribution in [0, 0.1) is 0 Å². The van der Waals surface area contributed by atoms with Crippen LogP contribution in [0.5, 0.6) is 5.75 Å². The highest BCUT2D eigenvalue weighted by Crippen LogP contribution is 2.27. The summed E-state index contributed by atoms with van der Waals surface area (Å²) in [4.78, 5) is 0. The van der Waals surface area contributed by atoms with E-state index in [-0.39, 0.29) is 6.04 Å². The summed E-state index contributed by atoms with van der Waals surface area (Å²) >= 11 is 0. The molecule has 1 aromatic carbocycles. The number of methoxy groups -OCH3 is 1. The van der Waals surface area contributed by atoms with Gasteiger partial charge in [0.15, 0.2) is 0 Å². The molecule has 0 aliphatic rings. The lowest BCUT2D eigenvalue weighted by molar-refractivity contribution is 0.402. The van der Waals surface area contributed by atoms with Gasteiger partial charge in [0.2, 0.25) is 10.0 Å². The van der Waals surface area contributed by atoms with E-state index in [0.717, 1.165) is 5.56 Å². The second-order valence-electron chi connectivity index (χ2n) is 4.41. The van der Waals surface area contributed by atoms with Crippen LogP contribution in [0.4, 0.5) is 0 Å². The van der Waals surface area contributed by atoms with E-state index < -0.39 is 15.3 Å². The summed E-state index contributed by atoms with van der Waals surface area (Å²) < 4.78 is 31.8. The molecule has 1 rings (SSSR count). The summed E-state index contributed by atoms with van der Waals surface area (Å²) in [5.74, 6) is 0.704. The molecule has 0 aromatic heterocycles. The molecule has 4 nitrogen and oxygen atoms in total. The summed E-state index contributed by atoms with van der Waals surface area (Å²) in [6, 6.07) is 7.21. The molecular weight excluding hydrogens is 250 g/mol. The number of hydrogen-bond donors (Lipinski definition) is 1. The Bertz CT molecular complexity index is 483. The minimum atomic E-state index is -3.29. The Balaban J connectivity index is 3.04. The maximum atomic E-state index is 11.9. The molecule has 0 radical (unpaired) electrons. The normalized spacial score (nSPS) is 13.6. The van der Waals surface area contributed by atoms with Crippen molar-refractivity contribution in [2.24, 2.45) is 0 Å².